The van der Waals surface area contributed by atoms with Crippen LogP contribution in [-0.2, 0) is 9.59 Å². The molecule has 8 heteroatoms. The predicted molar refractivity (Wildman–Crippen MR) is 43.0 cm³/mol. The summed E-state index contributed by atoms with van der Waals surface area (Å²) in [5.41, 5.74) is 0. The van der Waals surface area contributed by atoms with E-state index in [1.54, 1.807) is 0 Å². The Labute approximate surface area is 82.8 Å². The summed E-state index contributed by atoms with van der Waals surface area (Å²) in [5, 5.41) is 15.1. The van der Waals surface area contributed by atoms with Gasteiger partial charge in [0.15, 0.2) is 0 Å². The fourth-order valence-corrected chi connectivity index (χ4v) is 0.179. The van der Waals surface area contributed by atoms with E-state index in [2.05, 4.69) is 5.92 Å². The second-order valence-electron chi connectivity index (χ2n) is 1.90. The first-order valence-electron chi connectivity index (χ1n) is 3.17. The number of alkyl halides is 3. The van der Waals surface area contributed by atoms with E-state index >= 15 is 0 Å². The number of terminal acetylenes is 1. The number of hydrogen-bond donors (Lipinski definition) is 2. The number of rotatable bonds is 2. The first-order chi connectivity index (χ1) is 6.21. The van der Waals surface area contributed by atoms with E-state index in [1.807, 2.05) is 0 Å². The van der Waals surface area contributed by atoms with Crippen LogP contribution in [0, 0.1) is 12.3 Å². The molecule has 0 saturated carbocycles. The number of carboxylic acids is 2. The Bertz CT molecular complexity index is 240. The van der Waals surface area contributed by atoms with E-state index in [1.165, 1.54) is 0 Å². The molecule has 0 aliphatic heterocycles. The molecule has 0 aliphatic carbocycles. The van der Waals surface area contributed by atoms with Crippen molar-refractivity contribution >= 4 is 11.9 Å². The fourth-order valence-electron chi connectivity index (χ4n) is 0.179. The molecule has 0 aromatic heterocycles. The summed E-state index contributed by atoms with van der Waals surface area (Å²) in [6.45, 7) is 0. The van der Waals surface area contributed by atoms with Gasteiger partial charge in [0.2, 0.25) is 0 Å². The van der Waals surface area contributed by atoms with Crippen LogP contribution < -0.4 is 0 Å². The first-order valence-corrected chi connectivity index (χ1v) is 3.17. The van der Waals surface area contributed by atoms with Crippen molar-refractivity contribution in [3.8, 4) is 12.3 Å². The zero-order valence-corrected chi connectivity index (χ0v) is 7.34. The maximum absolute atomic E-state index is 10.6. The van der Waals surface area contributed by atoms with Crippen LogP contribution in [0.25, 0.3) is 0 Å². The molecule has 0 bridgehead atoms. The van der Waals surface area contributed by atoms with Crippen LogP contribution in [0.5, 0.6) is 0 Å². The summed E-state index contributed by atoms with van der Waals surface area (Å²) in [6, 6.07) is 0. The Balaban J connectivity index is -0.000000180. The third-order valence-corrected chi connectivity index (χ3v) is 0.726. The van der Waals surface area contributed by atoms with Crippen LogP contribution in [0.4, 0.5) is 13.2 Å². The number of carbonyl (C=O) groups is 2. The van der Waals surface area contributed by atoms with Crippen LogP contribution >= 0.6 is 0 Å². The van der Waals surface area contributed by atoms with Gasteiger partial charge in [-0.25, -0.2) is 4.79 Å². The van der Waals surface area contributed by atoms with Crippen molar-refractivity contribution in [2.45, 2.75) is 19.0 Å². The van der Waals surface area contributed by atoms with Gasteiger partial charge in [0.25, 0.3) is 0 Å². The van der Waals surface area contributed by atoms with Crippen LogP contribution in [0.2, 0.25) is 0 Å². The third-order valence-electron chi connectivity index (χ3n) is 0.726. The van der Waals surface area contributed by atoms with Gasteiger partial charge in [-0.05, 0) is 0 Å². The van der Waals surface area contributed by atoms with Gasteiger partial charge in [-0.15, -0.1) is 12.3 Å². The second-order valence-corrected chi connectivity index (χ2v) is 1.90. The largest absolute Gasteiger partial charge is 0.490 e. The van der Waals surface area contributed by atoms with Gasteiger partial charge in [0.05, 0.1) is 6.42 Å². The Morgan fingerprint density at radius 1 is 1.27 bits per heavy atom. The Morgan fingerprint density at radius 2 is 1.60 bits per heavy atom. The van der Waals surface area contributed by atoms with Gasteiger partial charge in [0.1, 0.15) is 0 Å². The SMILES string of the molecule is C#CCCC(=O)O.O.O=C(O)C(F)(F)F. The molecule has 0 unspecified atom stereocenters. The lowest BCUT2D eigenvalue weighted by Crippen LogP contribution is -2.21. The van der Waals surface area contributed by atoms with Gasteiger partial charge in [-0.3, -0.25) is 4.79 Å². The molecule has 0 rings (SSSR count). The Morgan fingerprint density at radius 3 is 1.67 bits per heavy atom. The summed E-state index contributed by atoms with van der Waals surface area (Å²) < 4.78 is 31.7. The summed E-state index contributed by atoms with van der Waals surface area (Å²) in [5.74, 6) is -1.37. The van der Waals surface area contributed by atoms with E-state index in [0.29, 0.717) is 6.42 Å². The number of carboxylic acid groups (broad SMARTS) is 2. The lowest BCUT2D eigenvalue weighted by molar-refractivity contribution is -0.192. The Hall–Kier alpha value is -1.75. The summed E-state index contributed by atoms with van der Waals surface area (Å²) in [4.78, 5) is 18.6. The minimum atomic E-state index is -5.08. The summed E-state index contributed by atoms with van der Waals surface area (Å²) in [6.07, 6.45) is 0.0887. The average molecular weight is 230 g/mol. The van der Waals surface area contributed by atoms with Gasteiger partial charge >= 0.3 is 18.1 Å². The van der Waals surface area contributed by atoms with E-state index < -0.39 is 18.1 Å². The first kappa shape index (κ1) is 18.9. The minimum Gasteiger partial charge on any atom is -0.481 e. The molecule has 4 N–H and O–H groups in total. The standard InChI is InChI=1S/C5H6O2.C2HF3O2.H2O/c1-2-3-4-5(6)7;3-2(4,5)1(6)7;/h1H,3-4H2,(H,6,7);(H,6,7);1H2. The molecule has 0 aromatic rings. The maximum atomic E-state index is 10.6. The molecule has 15 heavy (non-hydrogen) atoms. The van der Waals surface area contributed by atoms with Gasteiger partial charge in [0, 0.05) is 6.42 Å². The quantitative estimate of drug-likeness (QED) is 0.665. The van der Waals surface area contributed by atoms with Crippen molar-refractivity contribution < 1.29 is 38.4 Å². The van der Waals surface area contributed by atoms with Crippen molar-refractivity contribution in [3.05, 3.63) is 0 Å². The smallest absolute Gasteiger partial charge is 0.481 e. The van der Waals surface area contributed by atoms with Crippen molar-refractivity contribution in [1.82, 2.24) is 0 Å². The highest BCUT2D eigenvalue weighted by atomic mass is 19.4. The number of halogens is 3. The lowest BCUT2D eigenvalue weighted by Gasteiger charge is -1.93. The molecular formula is C7H9F3O5. The van der Waals surface area contributed by atoms with E-state index in [4.69, 9.17) is 21.4 Å². The van der Waals surface area contributed by atoms with Gasteiger partial charge in [-0.2, -0.15) is 13.2 Å². The molecule has 0 aromatic carbocycles. The molecule has 0 fully saturated rings. The van der Waals surface area contributed by atoms with E-state index in [-0.39, 0.29) is 11.9 Å². The molecule has 5 nitrogen and oxygen atoms in total. The topological polar surface area (TPSA) is 106 Å². The molecule has 0 aliphatic rings. The van der Waals surface area contributed by atoms with Crippen LogP contribution in [0.3, 0.4) is 0 Å². The highest BCUT2D eigenvalue weighted by Crippen LogP contribution is 2.13. The molecule has 88 valence electrons. The molecule has 0 amide bonds. The van der Waals surface area contributed by atoms with Crippen molar-refractivity contribution in [2.75, 3.05) is 0 Å². The molecule has 0 spiro atoms. The molecular weight excluding hydrogens is 221 g/mol. The monoisotopic (exact) mass is 230 g/mol. The molecule has 0 radical (unpaired) electrons. The predicted octanol–water partition coefficient (Wildman–Crippen LogP) is 0.293. The molecule has 0 saturated heterocycles. The van der Waals surface area contributed by atoms with Gasteiger partial charge in [-0.1, -0.05) is 0 Å². The normalized spacial score (nSPS) is 8.67. The summed E-state index contributed by atoms with van der Waals surface area (Å²) in [7, 11) is 0. The second kappa shape index (κ2) is 8.83. The number of aliphatic carboxylic acids is 2. The van der Waals surface area contributed by atoms with E-state index in [0.717, 1.165) is 0 Å². The Kier molecular flexibility index (Phi) is 11.1. The average Bonchev–Trinajstić information content (AvgIpc) is 2.00. The zero-order valence-electron chi connectivity index (χ0n) is 7.34. The lowest BCUT2D eigenvalue weighted by atomic mass is 10.3. The van der Waals surface area contributed by atoms with Crippen LogP contribution in [0.15, 0.2) is 0 Å². The van der Waals surface area contributed by atoms with Crippen molar-refractivity contribution in [1.29, 1.82) is 0 Å². The number of hydrogen-bond acceptors (Lipinski definition) is 2. The highest BCUT2D eigenvalue weighted by molar-refractivity contribution is 5.73. The molecule has 0 heterocycles. The zero-order chi connectivity index (χ0) is 11.8. The van der Waals surface area contributed by atoms with E-state index in [9.17, 15) is 18.0 Å². The van der Waals surface area contributed by atoms with Crippen molar-refractivity contribution in [3.63, 3.8) is 0 Å². The minimum absolute atomic E-state index is 0. The van der Waals surface area contributed by atoms with Gasteiger partial charge < -0.3 is 15.7 Å². The molecule has 0 atom stereocenters. The fraction of sp³-hybridized carbons (Fsp3) is 0.429. The highest BCUT2D eigenvalue weighted by Gasteiger charge is 2.38. The van der Waals surface area contributed by atoms with Crippen molar-refractivity contribution in [2.24, 2.45) is 0 Å². The maximum Gasteiger partial charge on any atom is 0.490 e. The third kappa shape index (κ3) is 18.9. The van der Waals surface area contributed by atoms with Crippen LogP contribution in [-0.4, -0.2) is 33.8 Å². The summed E-state index contributed by atoms with van der Waals surface area (Å²) >= 11 is 0. The van der Waals surface area contributed by atoms with Crippen LogP contribution in [0.1, 0.15) is 12.8 Å².